The van der Waals surface area contributed by atoms with Crippen LogP contribution in [0.1, 0.15) is 28.4 Å². The molecule has 3 aromatic rings. The minimum Gasteiger partial charge on any atom is -0.267 e. The molecule has 2 aromatic carbocycles. The van der Waals surface area contributed by atoms with E-state index in [-0.39, 0.29) is 5.91 Å². The van der Waals surface area contributed by atoms with Gasteiger partial charge in [0.2, 0.25) is 0 Å². The fourth-order valence-electron chi connectivity index (χ4n) is 2.18. The Hall–Kier alpha value is -3.35. The van der Waals surface area contributed by atoms with Gasteiger partial charge in [-0.3, -0.25) is 4.79 Å². The summed E-state index contributed by atoms with van der Waals surface area (Å²) in [5, 5.41) is 15.2. The van der Waals surface area contributed by atoms with Crippen LogP contribution in [0, 0.1) is 6.92 Å². The number of hydrogen-bond acceptors (Lipinski definition) is 5. The van der Waals surface area contributed by atoms with Crippen LogP contribution >= 0.6 is 0 Å². The van der Waals surface area contributed by atoms with Crippen LogP contribution in [-0.4, -0.2) is 31.8 Å². The summed E-state index contributed by atoms with van der Waals surface area (Å²) in [4.78, 5) is 12.1. The van der Waals surface area contributed by atoms with Crippen LogP contribution in [0.5, 0.6) is 0 Å². The molecule has 0 bridgehead atoms. The summed E-state index contributed by atoms with van der Waals surface area (Å²) in [5.74, 6) is -0.233. The lowest BCUT2D eigenvalue weighted by Crippen LogP contribution is -2.19. The molecule has 0 saturated heterocycles. The first-order valence-corrected chi connectivity index (χ1v) is 7.38. The topological polar surface area (TPSA) is 85.1 Å². The lowest BCUT2D eigenvalue weighted by molar-refractivity contribution is 0.0954. The second-order valence-electron chi connectivity index (χ2n) is 5.31. The molecule has 1 N–H and O–H groups in total. The highest BCUT2D eigenvalue weighted by atomic mass is 16.2. The lowest BCUT2D eigenvalue weighted by Gasteiger charge is -2.05. The minimum atomic E-state index is -0.233. The van der Waals surface area contributed by atoms with Gasteiger partial charge < -0.3 is 0 Å². The van der Waals surface area contributed by atoms with E-state index in [4.69, 9.17) is 0 Å². The van der Waals surface area contributed by atoms with E-state index in [2.05, 4.69) is 26.1 Å². The fraction of sp³-hybridized carbons (Fsp3) is 0.118. The summed E-state index contributed by atoms with van der Waals surface area (Å²) in [7, 11) is 0. The van der Waals surface area contributed by atoms with Crippen molar-refractivity contribution < 1.29 is 4.79 Å². The summed E-state index contributed by atoms with van der Waals surface area (Å²) in [6, 6.07) is 14.9. The number of hydrazone groups is 1. The van der Waals surface area contributed by atoms with E-state index >= 15 is 0 Å². The number of nitrogens with one attached hydrogen (secondary N) is 1. The fourth-order valence-corrected chi connectivity index (χ4v) is 2.18. The van der Waals surface area contributed by atoms with Gasteiger partial charge >= 0.3 is 0 Å². The summed E-state index contributed by atoms with van der Waals surface area (Å²) < 4.78 is 1.57. The molecule has 0 radical (unpaired) electrons. The number of carbonyl (C=O) groups is 1. The standard InChI is InChI=1S/C17H16N6O/c1-12-4-3-5-15(10-12)17(24)20-19-13(2)14-6-8-16(9-7-14)23-11-18-21-22-23/h3-11H,1-2H3,(H,20,24)/b19-13+. The molecule has 0 saturated carbocycles. The van der Waals surface area contributed by atoms with Crippen molar-refractivity contribution in [2.45, 2.75) is 13.8 Å². The van der Waals surface area contributed by atoms with Crippen LogP contribution in [0.15, 0.2) is 60.0 Å². The predicted octanol–water partition coefficient (Wildman–Crippen LogP) is 2.12. The molecule has 120 valence electrons. The van der Waals surface area contributed by atoms with E-state index in [1.54, 1.807) is 10.7 Å². The molecule has 24 heavy (non-hydrogen) atoms. The number of aryl methyl sites for hydroxylation is 1. The second kappa shape index (κ2) is 6.82. The van der Waals surface area contributed by atoms with Gasteiger partial charge in [-0.15, -0.1) is 5.10 Å². The molecule has 1 heterocycles. The van der Waals surface area contributed by atoms with Gasteiger partial charge in [-0.05, 0) is 54.1 Å². The number of carbonyl (C=O) groups excluding carboxylic acids is 1. The number of benzene rings is 2. The van der Waals surface area contributed by atoms with Crippen molar-refractivity contribution in [1.82, 2.24) is 25.6 Å². The van der Waals surface area contributed by atoms with Gasteiger partial charge in [0, 0.05) is 5.56 Å². The highest BCUT2D eigenvalue weighted by Gasteiger charge is 2.05. The van der Waals surface area contributed by atoms with Crippen molar-refractivity contribution in [3.8, 4) is 5.69 Å². The molecule has 0 fully saturated rings. The van der Waals surface area contributed by atoms with Crippen molar-refractivity contribution in [2.24, 2.45) is 5.10 Å². The molecule has 1 aromatic heterocycles. The number of hydrogen-bond donors (Lipinski definition) is 1. The first-order chi connectivity index (χ1) is 11.6. The summed E-state index contributed by atoms with van der Waals surface area (Å²) >= 11 is 0. The Balaban J connectivity index is 1.70. The average molecular weight is 320 g/mol. The molecular weight excluding hydrogens is 304 g/mol. The van der Waals surface area contributed by atoms with E-state index in [0.717, 1.165) is 16.8 Å². The Morgan fingerprint density at radius 1 is 1.12 bits per heavy atom. The Kier molecular flexibility index (Phi) is 4.42. The number of amides is 1. The molecular formula is C17H16N6O. The van der Waals surface area contributed by atoms with Crippen molar-refractivity contribution in [1.29, 1.82) is 0 Å². The third-order valence-corrected chi connectivity index (χ3v) is 3.50. The van der Waals surface area contributed by atoms with E-state index in [1.807, 2.05) is 56.3 Å². The highest BCUT2D eigenvalue weighted by Crippen LogP contribution is 2.09. The Morgan fingerprint density at radius 2 is 1.92 bits per heavy atom. The molecule has 1 amide bonds. The van der Waals surface area contributed by atoms with E-state index in [0.29, 0.717) is 11.3 Å². The zero-order chi connectivity index (χ0) is 16.9. The molecule has 0 aliphatic carbocycles. The van der Waals surface area contributed by atoms with Crippen LogP contribution in [0.2, 0.25) is 0 Å². The van der Waals surface area contributed by atoms with Gasteiger partial charge in [0.1, 0.15) is 6.33 Å². The van der Waals surface area contributed by atoms with Crippen molar-refractivity contribution in [3.63, 3.8) is 0 Å². The normalized spacial score (nSPS) is 11.3. The molecule has 3 rings (SSSR count). The largest absolute Gasteiger partial charge is 0.271 e. The Bertz CT molecular complexity index is 868. The molecule has 0 aliphatic heterocycles. The molecule has 0 aliphatic rings. The number of nitrogens with zero attached hydrogens (tertiary/aromatic N) is 5. The molecule has 0 unspecified atom stereocenters. The predicted molar refractivity (Wildman–Crippen MR) is 90.0 cm³/mol. The van der Waals surface area contributed by atoms with Crippen LogP contribution in [0.25, 0.3) is 5.69 Å². The first-order valence-electron chi connectivity index (χ1n) is 7.38. The molecule has 7 nitrogen and oxygen atoms in total. The second-order valence-corrected chi connectivity index (χ2v) is 5.31. The van der Waals surface area contributed by atoms with Gasteiger partial charge in [0.15, 0.2) is 0 Å². The third kappa shape index (κ3) is 3.52. The van der Waals surface area contributed by atoms with Crippen LogP contribution in [0.4, 0.5) is 0 Å². The van der Waals surface area contributed by atoms with Gasteiger partial charge in [-0.1, -0.05) is 29.8 Å². The lowest BCUT2D eigenvalue weighted by atomic mass is 10.1. The summed E-state index contributed by atoms with van der Waals surface area (Å²) in [5.41, 5.74) is 6.65. The minimum absolute atomic E-state index is 0.233. The Morgan fingerprint density at radius 3 is 2.58 bits per heavy atom. The smallest absolute Gasteiger partial charge is 0.267 e. The van der Waals surface area contributed by atoms with Crippen molar-refractivity contribution in [3.05, 3.63) is 71.5 Å². The maximum absolute atomic E-state index is 12.1. The first kappa shape index (κ1) is 15.5. The maximum atomic E-state index is 12.1. The van der Waals surface area contributed by atoms with E-state index in [9.17, 15) is 4.79 Å². The van der Waals surface area contributed by atoms with Crippen LogP contribution < -0.4 is 5.43 Å². The SMILES string of the molecule is C/C(=N\NC(=O)c1cccc(C)c1)c1ccc(-n2cnnn2)cc1. The quantitative estimate of drug-likeness (QED) is 0.589. The van der Waals surface area contributed by atoms with Gasteiger partial charge in [0.25, 0.3) is 5.91 Å². The van der Waals surface area contributed by atoms with Crippen LogP contribution in [0.3, 0.4) is 0 Å². The van der Waals surface area contributed by atoms with E-state index in [1.165, 1.54) is 6.33 Å². The van der Waals surface area contributed by atoms with Crippen molar-refractivity contribution >= 4 is 11.6 Å². The summed E-state index contributed by atoms with van der Waals surface area (Å²) in [6.07, 6.45) is 1.53. The zero-order valence-electron chi connectivity index (χ0n) is 13.3. The van der Waals surface area contributed by atoms with Gasteiger partial charge in [-0.2, -0.15) is 5.10 Å². The number of rotatable bonds is 4. The Labute approximate surface area is 139 Å². The average Bonchev–Trinajstić information content (AvgIpc) is 3.14. The van der Waals surface area contributed by atoms with E-state index < -0.39 is 0 Å². The van der Waals surface area contributed by atoms with Crippen LogP contribution in [-0.2, 0) is 0 Å². The summed E-state index contributed by atoms with van der Waals surface area (Å²) in [6.45, 7) is 3.78. The third-order valence-electron chi connectivity index (χ3n) is 3.50. The van der Waals surface area contributed by atoms with Gasteiger partial charge in [0.05, 0.1) is 11.4 Å². The molecule has 7 heteroatoms. The van der Waals surface area contributed by atoms with Crippen molar-refractivity contribution in [2.75, 3.05) is 0 Å². The molecule has 0 atom stereocenters. The zero-order valence-corrected chi connectivity index (χ0v) is 13.3. The molecule has 0 spiro atoms. The number of aromatic nitrogens is 4. The monoisotopic (exact) mass is 320 g/mol. The highest BCUT2D eigenvalue weighted by molar-refractivity contribution is 6.01. The maximum Gasteiger partial charge on any atom is 0.271 e. The number of tetrazole rings is 1. The van der Waals surface area contributed by atoms with Gasteiger partial charge in [-0.25, -0.2) is 10.1 Å².